The number of fused-ring (bicyclic) bond motifs is 1. The fraction of sp³-hybridized carbons (Fsp3) is 0.562. The summed E-state index contributed by atoms with van der Waals surface area (Å²) in [7, 11) is 1.81. The van der Waals surface area contributed by atoms with Crippen LogP contribution >= 0.6 is 0 Å². The molecule has 0 spiro atoms. The van der Waals surface area contributed by atoms with Crippen molar-refractivity contribution in [3.63, 3.8) is 0 Å². The van der Waals surface area contributed by atoms with E-state index >= 15 is 0 Å². The number of carbonyl (C=O) groups excluding carboxylic acids is 1. The molecule has 3 rings (SSSR count). The largest absolute Gasteiger partial charge is 0.369 e. The number of likely N-dealkylation sites (N-methyl/N-ethyl adjacent to an activating group) is 1. The third-order valence-corrected chi connectivity index (χ3v) is 4.74. The maximum absolute atomic E-state index is 12.0. The zero-order valence-electron chi connectivity index (χ0n) is 12.3. The second-order valence-corrected chi connectivity index (χ2v) is 5.84. The molecule has 2 aliphatic rings. The highest BCUT2D eigenvalue weighted by Crippen LogP contribution is 2.38. The smallest absolute Gasteiger partial charge is 0.248 e. The summed E-state index contributed by atoms with van der Waals surface area (Å²) in [6, 6.07) is 6.42. The van der Waals surface area contributed by atoms with Gasteiger partial charge >= 0.3 is 0 Å². The van der Waals surface area contributed by atoms with Crippen molar-refractivity contribution >= 4 is 17.3 Å². The summed E-state index contributed by atoms with van der Waals surface area (Å²) in [6.45, 7) is 3.21. The predicted octanol–water partition coefficient (Wildman–Crippen LogP) is 2.43. The van der Waals surface area contributed by atoms with Gasteiger partial charge in [0.25, 0.3) is 0 Å². The average Bonchev–Trinajstić information content (AvgIpc) is 3.05. The molecule has 1 heterocycles. The van der Waals surface area contributed by atoms with E-state index in [9.17, 15) is 4.79 Å². The van der Waals surface area contributed by atoms with Crippen LogP contribution in [0.2, 0.25) is 0 Å². The van der Waals surface area contributed by atoms with Crippen LogP contribution in [0.4, 0.5) is 11.4 Å². The van der Waals surface area contributed by atoms with E-state index in [-0.39, 0.29) is 5.91 Å². The van der Waals surface area contributed by atoms with Crippen LogP contribution in [0.3, 0.4) is 0 Å². The van der Waals surface area contributed by atoms with Crippen molar-refractivity contribution in [3.8, 4) is 0 Å². The molecular weight excluding hydrogens is 250 g/mol. The van der Waals surface area contributed by atoms with Crippen molar-refractivity contribution in [2.75, 3.05) is 23.4 Å². The van der Waals surface area contributed by atoms with Crippen LogP contribution in [-0.2, 0) is 4.79 Å². The van der Waals surface area contributed by atoms with Gasteiger partial charge in [-0.25, -0.2) is 0 Å². The Kier molecular flexibility index (Phi) is 3.42. The van der Waals surface area contributed by atoms with E-state index in [0.717, 1.165) is 17.8 Å². The standard InChI is InChI=1S/C16H23N3O/c1-3-19(11-6-4-5-7-11)12-8-9-13-14(10-12)18(2)16(20)15(13)17/h8-11,15H,3-7,17H2,1-2H3. The highest BCUT2D eigenvalue weighted by Gasteiger charge is 2.33. The molecule has 2 N–H and O–H groups in total. The Hall–Kier alpha value is -1.55. The first-order valence-corrected chi connectivity index (χ1v) is 7.57. The predicted molar refractivity (Wildman–Crippen MR) is 82.1 cm³/mol. The van der Waals surface area contributed by atoms with Crippen molar-refractivity contribution in [2.24, 2.45) is 5.73 Å². The normalized spacial score (nSPS) is 22.4. The van der Waals surface area contributed by atoms with Crippen LogP contribution in [0.1, 0.15) is 44.2 Å². The Bertz CT molecular complexity index is 522. The van der Waals surface area contributed by atoms with Gasteiger partial charge in [-0.3, -0.25) is 4.79 Å². The van der Waals surface area contributed by atoms with E-state index in [1.165, 1.54) is 31.4 Å². The first-order valence-electron chi connectivity index (χ1n) is 7.57. The molecule has 4 heteroatoms. The zero-order valence-corrected chi connectivity index (χ0v) is 12.3. The lowest BCUT2D eigenvalue weighted by Gasteiger charge is -2.30. The summed E-state index contributed by atoms with van der Waals surface area (Å²) in [5.74, 6) is -0.0129. The van der Waals surface area contributed by atoms with E-state index < -0.39 is 6.04 Å². The highest BCUT2D eigenvalue weighted by atomic mass is 16.2. The van der Waals surface area contributed by atoms with Gasteiger partial charge in [-0.05, 0) is 31.9 Å². The summed E-state index contributed by atoms with van der Waals surface area (Å²) in [5, 5.41) is 0. The van der Waals surface area contributed by atoms with E-state index in [1.54, 1.807) is 4.90 Å². The van der Waals surface area contributed by atoms with Gasteiger partial charge in [0.2, 0.25) is 5.91 Å². The molecule has 1 aliphatic heterocycles. The Labute approximate surface area is 120 Å². The van der Waals surface area contributed by atoms with Gasteiger partial charge in [-0.15, -0.1) is 0 Å². The maximum atomic E-state index is 12.0. The molecule has 4 nitrogen and oxygen atoms in total. The van der Waals surface area contributed by atoms with Crippen molar-refractivity contribution in [1.29, 1.82) is 0 Å². The van der Waals surface area contributed by atoms with Gasteiger partial charge in [0, 0.05) is 30.9 Å². The second-order valence-electron chi connectivity index (χ2n) is 5.84. The van der Waals surface area contributed by atoms with E-state index in [2.05, 4.69) is 24.0 Å². The lowest BCUT2D eigenvalue weighted by Crippen LogP contribution is -2.33. The topological polar surface area (TPSA) is 49.6 Å². The number of nitrogens with two attached hydrogens (primary N) is 1. The minimum atomic E-state index is -0.495. The monoisotopic (exact) mass is 273 g/mol. The first kappa shape index (κ1) is 13.4. The first-order chi connectivity index (χ1) is 9.63. The van der Waals surface area contributed by atoms with Crippen molar-refractivity contribution in [3.05, 3.63) is 23.8 Å². The molecule has 1 aliphatic carbocycles. The molecule has 1 amide bonds. The van der Waals surface area contributed by atoms with Crippen LogP contribution in [0.5, 0.6) is 0 Å². The summed E-state index contributed by atoms with van der Waals surface area (Å²) < 4.78 is 0. The number of amides is 1. The molecule has 1 atom stereocenters. The number of anilines is 2. The molecule has 20 heavy (non-hydrogen) atoms. The van der Waals surface area contributed by atoms with Crippen molar-refractivity contribution in [2.45, 2.75) is 44.7 Å². The van der Waals surface area contributed by atoms with Gasteiger partial charge < -0.3 is 15.5 Å². The van der Waals surface area contributed by atoms with Crippen LogP contribution in [0.25, 0.3) is 0 Å². The van der Waals surface area contributed by atoms with E-state index in [0.29, 0.717) is 6.04 Å². The number of nitrogens with zero attached hydrogens (tertiary/aromatic N) is 2. The second kappa shape index (κ2) is 5.09. The highest BCUT2D eigenvalue weighted by molar-refractivity contribution is 6.04. The van der Waals surface area contributed by atoms with Gasteiger partial charge in [-0.2, -0.15) is 0 Å². The fourth-order valence-electron chi connectivity index (χ4n) is 3.59. The molecule has 1 saturated carbocycles. The summed E-state index contributed by atoms with van der Waals surface area (Å²) in [6.07, 6.45) is 5.21. The van der Waals surface area contributed by atoms with Crippen LogP contribution in [-0.4, -0.2) is 25.5 Å². The van der Waals surface area contributed by atoms with Gasteiger partial charge in [0.1, 0.15) is 6.04 Å². The molecule has 1 aromatic rings. The number of hydrogen-bond acceptors (Lipinski definition) is 3. The Morgan fingerprint density at radius 1 is 1.35 bits per heavy atom. The quantitative estimate of drug-likeness (QED) is 0.920. The minimum absolute atomic E-state index is 0.0129. The number of rotatable bonds is 3. The third kappa shape index (κ3) is 1.99. The van der Waals surface area contributed by atoms with Crippen LogP contribution in [0.15, 0.2) is 18.2 Å². The minimum Gasteiger partial charge on any atom is -0.369 e. The Morgan fingerprint density at radius 3 is 2.70 bits per heavy atom. The van der Waals surface area contributed by atoms with Gasteiger partial charge in [-0.1, -0.05) is 18.9 Å². The molecule has 0 aromatic heterocycles. The van der Waals surface area contributed by atoms with Gasteiger partial charge in [0.05, 0.1) is 5.69 Å². The fourth-order valence-corrected chi connectivity index (χ4v) is 3.59. The van der Waals surface area contributed by atoms with Gasteiger partial charge in [0.15, 0.2) is 0 Å². The summed E-state index contributed by atoms with van der Waals surface area (Å²) >= 11 is 0. The summed E-state index contributed by atoms with van der Waals surface area (Å²) in [4.78, 5) is 16.1. The zero-order chi connectivity index (χ0) is 14.3. The third-order valence-electron chi connectivity index (χ3n) is 4.74. The summed E-state index contributed by atoms with van der Waals surface area (Å²) in [5.41, 5.74) is 9.09. The molecule has 0 saturated heterocycles. The lowest BCUT2D eigenvalue weighted by molar-refractivity contribution is -0.118. The maximum Gasteiger partial charge on any atom is 0.248 e. The lowest BCUT2D eigenvalue weighted by atomic mass is 10.1. The van der Waals surface area contributed by atoms with Crippen LogP contribution in [0, 0.1) is 0 Å². The Morgan fingerprint density at radius 2 is 2.05 bits per heavy atom. The number of benzene rings is 1. The molecule has 1 fully saturated rings. The Balaban J connectivity index is 1.94. The van der Waals surface area contributed by atoms with Crippen molar-refractivity contribution < 1.29 is 4.79 Å². The van der Waals surface area contributed by atoms with E-state index in [4.69, 9.17) is 5.73 Å². The molecule has 0 radical (unpaired) electrons. The molecular formula is C16H23N3O. The number of hydrogen-bond donors (Lipinski definition) is 1. The van der Waals surface area contributed by atoms with E-state index in [1.807, 2.05) is 13.1 Å². The number of carbonyl (C=O) groups is 1. The van der Waals surface area contributed by atoms with Crippen molar-refractivity contribution in [1.82, 2.24) is 0 Å². The molecule has 1 unspecified atom stereocenters. The average molecular weight is 273 g/mol. The molecule has 1 aromatic carbocycles. The van der Waals surface area contributed by atoms with Crippen LogP contribution < -0.4 is 15.5 Å². The molecule has 108 valence electrons. The molecule has 0 bridgehead atoms. The SMILES string of the molecule is CCN(c1ccc2c(c1)N(C)C(=O)C2N)C1CCCC1.